The van der Waals surface area contributed by atoms with Crippen molar-refractivity contribution in [3.8, 4) is 0 Å². The lowest BCUT2D eigenvalue weighted by Gasteiger charge is -2.27. The van der Waals surface area contributed by atoms with Gasteiger partial charge in [-0.2, -0.15) is 11.8 Å². The van der Waals surface area contributed by atoms with E-state index in [0.717, 1.165) is 6.54 Å². The quantitative estimate of drug-likeness (QED) is 0.808. The van der Waals surface area contributed by atoms with Crippen molar-refractivity contribution in [1.29, 1.82) is 0 Å². The summed E-state index contributed by atoms with van der Waals surface area (Å²) >= 11 is 1.91. The van der Waals surface area contributed by atoms with Crippen molar-refractivity contribution < 1.29 is 4.39 Å². The first kappa shape index (κ1) is 12.6. The Labute approximate surface area is 106 Å². The fourth-order valence-corrected chi connectivity index (χ4v) is 3.32. The zero-order valence-electron chi connectivity index (χ0n) is 10.1. The molecule has 1 fully saturated rings. The first-order chi connectivity index (χ1) is 8.15. The van der Waals surface area contributed by atoms with E-state index in [1.807, 2.05) is 11.8 Å². The van der Waals surface area contributed by atoms with E-state index in [4.69, 9.17) is 5.73 Å². The minimum Gasteiger partial charge on any atom is -0.397 e. The number of halogens is 1. The van der Waals surface area contributed by atoms with E-state index in [1.54, 1.807) is 6.07 Å². The molecule has 0 unspecified atom stereocenters. The molecule has 1 aliphatic carbocycles. The van der Waals surface area contributed by atoms with Crippen molar-refractivity contribution >= 4 is 23.1 Å². The first-order valence-corrected chi connectivity index (χ1v) is 7.22. The van der Waals surface area contributed by atoms with Gasteiger partial charge in [-0.25, -0.2) is 4.39 Å². The maximum atomic E-state index is 13.1. The molecule has 0 atom stereocenters. The van der Waals surface area contributed by atoms with Crippen LogP contribution in [0.5, 0.6) is 0 Å². The molecule has 1 aliphatic rings. The lowest BCUT2D eigenvalue weighted by Crippen LogP contribution is -2.30. The molecule has 0 bridgehead atoms. The van der Waals surface area contributed by atoms with Crippen LogP contribution in [0.2, 0.25) is 0 Å². The Morgan fingerprint density at radius 2 is 2.12 bits per heavy atom. The van der Waals surface area contributed by atoms with Gasteiger partial charge in [-0.15, -0.1) is 0 Å². The molecule has 2 nitrogen and oxygen atoms in total. The van der Waals surface area contributed by atoms with E-state index in [9.17, 15) is 4.39 Å². The Morgan fingerprint density at radius 3 is 2.76 bits per heavy atom. The number of nitrogen functional groups attached to an aromatic ring is 1. The van der Waals surface area contributed by atoms with Gasteiger partial charge in [-0.1, -0.05) is 12.8 Å². The molecule has 0 amide bonds. The Hall–Kier alpha value is -0.900. The Morgan fingerprint density at radius 1 is 1.41 bits per heavy atom. The van der Waals surface area contributed by atoms with E-state index in [1.165, 1.54) is 37.8 Å². The summed E-state index contributed by atoms with van der Waals surface area (Å²) in [6.07, 6.45) is 7.21. The summed E-state index contributed by atoms with van der Waals surface area (Å²) < 4.78 is 13.4. The second kappa shape index (κ2) is 5.17. The van der Waals surface area contributed by atoms with Crippen LogP contribution >= 0.6 is 11.8 Å². The van der Waals surface area contributed by atoms with Gasteiger partial charge in [-0.05, 0) is 37.3 Å². The van der Waals surface area contributed by atoms with Crippen molar-refractivity contribution in [1.82, 2.24) is 0 Å². The molecule has 0 aliphatic heterocycles. The number of hydrogen-bond acceptors (Lipinski definition) is 3. The number of benzene rings is 1. The second-order valence-electron chi connectivity index (χ2n) is 4.68. The van der Waals surface area contributed by atoms with Crippen LogP contribution in [0.4, 0.5) is 15.8 Å². The van der Waals surface area contributed by atoms with E-state index in [0.29, 0.717) is 16.1 Å². The smallest absolute Gasteiger partial charge is 0.125 e. The van der Waals surface area contributed by atoms with E-state index >= 15 is 0 Å². The van der Waals surface area contributed by atoms with Gasteiger partial charge in [0.15, 0.2) is 0 Å². The highest BCUT2D eigenvalue weighted by Gasteiger charge is 2.32. The third-order valence-electron chi connectivity index (χ3n) is 3.56. The van der Waals surface area contributed by atoms with Crippen LogP contribution in [0.25, 0.3) is 0 Å². The third kappa shape index (κ3) is 2.86. The van der Waals surface area contributed by atoms with Gasteiger partial charge in [0.25, 0.3) is 0 Å². The molecule has 1 aromatic carbocycles. The Balaban J connectivity index is 2.03. The second-order valence-corrected chi connectivity index (χ2v) is 5.95. The van der Waals surface area contributed by atoms with E-state index < -0.39 is 0 Å². The van der Waals surface area contributed by atoms with Crippen LogP contribution in [0.3, 0.4) is 0 Å². The lowest BCUT2D eigenvalue weighted by atomic mass is 10.1. The van der Waals surface area contributed by atoms with Gasteiger partial charge in [0.05, 0.1) is 11.4 Å². The van der Waals surface area contributed by atoms with Crippen LogP contribution < -0.4 is 11.1 Å². The number of rotatable bonds is 4. The summed E-state index contributed by atoms with van der Waals surface area (Å²) in [6.45, 7) is 0.863. The molecular formula is C13H19FN2S. The fourth-order valence-electron chi connectivity index (χ4n) is 2.41. The largest absolute Gasteiger partial charge is 0.397 e. The fraction of sp³-hybridized carbons (Fsp3) is 0.538. The standard InChI is InChI=1S/C13H19FN2S/c1-17-13(6-2-3-7-13)9-16-12-8-10(14)4-5-11(12)15/h4-5,8,16H,2-3,6-7,9,15H2,1H3. The van der Waals surface area contributed by atoms with Gasteiger partial charge in [0, 0.05) is 11.3 Å². The maximum absolute atomic E-state index is 13.1. The summed E-state index contributed by atoms with van der Waals surface area (Å²) in [7, 11) is 0. The molecule has 4 heteroatoms. The molecule has 0 heterocycles. The van der Waals surface area contributed by atoms with Crippen LogP contribution in [0, 0.1) is 5.82 Å². The summed E-state index contributed by atoms with van der Waals surface area (Å²) in [5, 5.41) is 3.30. The summed E-state index contributed by atoms with van der Waals surface area (Å²) in [6, 6.07) is 4.47. The molecule has 17 heavy (non-hydrogen) atoms. The molecule has 0 aromatic heterocycles. The molecule has 94 valence electrons. The highest BCUT2D eigenvalue weighted by atomic mass is 32.2. The summed E-state index contributed by atoms with van der Waals surface area (Å²) in [4.78, 5) is 0. The number of nitrogens with one attached hydrogen (secondary N) is 1. The van der Waals surface area contributed by atoms with Gasteiger partial charge >= 0.3 is 0 Å². The minimum absolute atomic E-state index is 0.244. The number of hydrogen-bond donors (Lipinski definition) is 2. The number of anilines is 2. The summed E-state index contributed by atoms with van der Waals surface area (Å²) in [5.41, 5.74) is 7.15. The van der Waals surface area contributed by atoms with Crippen LogP contribution in [-0.2, 0) is 0 Å². The zero-order chi connectivity index (χ0) is 12.3. The molecule has 1 saturated carbocycles. The van der Waals surface area contributed by atoms with Gasteiger partial charge < -0.3 is 11.1 Å². The third-order valence-corrected chi connectivity index (χ3v) is 4.98. The molecular weight excluding hydrogens is 235 g/mol. The highest BCUT2D eigenvalue weighted by Crippen LogP contribution is 2.40. The van der Waals surface area contributed by atoms with E-state index in [2.05, 4.69) is 11.6 Å². The molecule has 2 rings (SSSR count). The normalized spacial score (nSPS) is 18.2. The molecule has 0 saturated heterocycles. The Bertz CT molecular complexity index is 389. The molecule has 0 spiro atoms. The van der Waals surface area contributed by atoms with Crippen molar-refractivity contribution in [2.75, 3.05) is 23.9 Å². The lowest BCUT2D eigenvalue weighted by molar-refractivity contribution is 0.625. The van der Waals surface area contributed by atoms with Crippen molar-refractivity contribution in [3.05, 3.63) is 24.0 Å². The minimum atomic E-state index is -0.244. The predicted molar refractivity (Wildman–Crippen MR) is 74.0 cm³/mol. The molecule has 1 aromatic rings. The molecule has 3 N–H and O–H groups in total. The Kier molecular flexibility index (Phi) is 3.82. The number of thioether (sulfide) groups is 1. The summed E-state index contributed by atoms with van der Waals surface area (Å²) in [5.74, 6) is -0.244. The highest BCUT2D eigenvalue weighted by molar-refractivity contribution is 8.00. The first-order valence-electron chi connectivity index (χ1n) is 5.99. The van der Waals surface area contributed by atoms with E-state index in [-0.39, 0.29) is 5.82 Å². The monoisotopic (exact) mass is 254 g/mol. The van der Waals surface area contributed by atoms with Crippen molar-refractivity contribution in [2.45, 2.75) is 30.4 Å². The predicted octanol–water partition coefficient (Wildman–Crippen LogP) is 3.50. The SMILES string of the molecule is CSC1(CNc2cc(F)ccc2N)CCCC1. The maximum Gasteiger partial charge on any atom is 0.125 e. The van der Waals surface area contributed by atoms with Gasteiger partial charge in [-0.3, -0.25) is 0 Å². The van der Waals surface area contributed by atoms with Gasteiger partial charge in [0.1, 0.15) is 5.82 Å². The average molecular weight is 254 g/mol. The van der Waals surface area contributed by atoms with Crippen LogP contribution in [0.15, 0.2) is 18.2 Å². The van der Waals surface area contributed by atoms with Crippen LogP contribution in [0.1, 0.15) is 25.7 Å². The topological polar surface area (TPSA) is 38.0 Å². The van der Waals surface area contributed by atoms with Crippen molar-refractivity contribution in [3.63, 3.8) is 0 Å². The van der Waals surface area contributed by atoms with Crippen LogP contribution in [-0.4, -0.2) is 17.5 Å². The van der Waals surface area contributed by atoms with Gasteiger partial charge in [0.2, 0.25) is 0 Å². The molecule has 0 radical (unpaired) electrons. The average Bonchev–Trinajstić information content (AvgIpc) is 2.80. The number of nitrogens with two attached hydrogens (primary N) is 1. The van der Waals surface area contributed by atoms with Crippen molar-refractivity contribution in [2.24, 2.45) is 0 Å². The zero-order valence-corrected chi connectivity index (χ0v) is 10.9.